The van der Waals surface area contributed by atoms with Gasteiger partial charge in [0.25, 0.3) is 0 Å². The third kappa shape index (κ3) is 3.77. The maximum absolute atomic E-state index is 6.99. The molecule has 0 fully saturated rings. The minimum absolute atomic E-state index is 0.0692. The third-order valence-corrected chi connectivity index (χ3v) is 12.3. The van der Waals surface area contributed by atoms with Gasteiger partial charge < -0.3 is 14.2 Å². The monoisotopic (exact) mass is 668 g/mol. The Labute approximate surface area is 304 Å². The van der Waals surface area contributed by atoms with Gasteiger partial charge in [-0.3, -0.25) is 0 Å². The highest BCUT2D eigenvalue weighted by molar-refractivity contribution is 6.97. The molecule has 4 heteroatoms. The topological polar surface area (TPSA) is 17.4 Å². The molecule has 0 unspecified atom stereocenters. The molecule has 52 heavy (non-hydrogen) atoms. The van der Waals surface area contributed by atoms with Crippen LogP contribution in [0.1, 0.15) is 49.9 Å². The lowest BCUT2D eigenvalue weighted by Crippen LogP contribution is -2.66. The highest BCUT2D eigenvalue weighted by atomic mass is 16.5. The van der Waals surface area contributed by atoms with E-state index in [2.05, 4.69) is 189 Å². The van der Waals surface area contributed by atoms with Crippen molar-refractivity contribution in [2.24, 2.45) is 0 Å². The molecular formula is C48H37BN2O. The standard InChI is InChI=1S/C48H37BN2O/c1-47(2)34-18-9-10-21-38(34)49-39-27-25-31(29-37(39)48(3,4)36-20-14-19-35(47)44(36)49)51-40-22-11-8-17-32(40)33-26-28-42-46(45(33)51)52-43-24-13-12-23-41(43)50(42)30-15-6-5-7-16-30/h5-29H,1-4H3. The average Bonchev–Trinajstić information content (AvgIpc) is 3.52. The Hall–Kier alpha value is -6.00. The zero-order valence-electron chi connectivity index (χ0n) is 29.8. The molecule has 7 aromatic carbocycles. The predicted octanol–water partition coefficient (Wildman–Crippen LogP) is 10.2. The normalized spacial score (nSPS) is 15.7. The number of ether oxygens (including phenoxy) is 1. The molecule has 0 spiro atoms. The molecule has 0 saturated carbocycles. The number of benzene rings is 7. The first-order valence-electron chi connectivity index (χ1n) is 18.4. The van der Waals surface area contributed by atoms with Crippen molar-refractivity contribution in [3.05, 3.63) is 174 Å². The van der Waals surface area contributed by atoms with E-state index in [0.717, 1.165) is 39.8 Å². The van der Waals surface area contributed by atoms with Crippen LogP contribution < -0.4 is 26.0 Å². The van der Waals surface area contributed by atoms with E-state index in [4.69, 9.17) is 4.74 Å². The molecule has 0 saturated heterocycles. The van der Waals surface area contributed by atoms with Gasteiger partial charge in [-0.1, -0.05) is 141 Å². The van der Waals surface area contributed by atoms with Crippen molar-refractivity contribution in [3.63, 3.8) is 0 Å². The van der Waals surface area contributed by atoms with Gasteiger partial charge in [0.15, 0.2) is 11.5 Å². The van der Waals surface area contributed by atoms with Crippen LogP contribution in [-0.2, 0) is 10.8 Å². The molecule has 0 amide bonds. The van der Waals surface area contributed by atoms with Crippen LogP contribution in [0.25, 0.3) is 27.5 Å². The number of fused-ring (bicyclic) bond motifs is 10. The Morgan fingerprint density at radius 2 is 1.17 bits per heavy atom. The van der Waals surface area contributed by atoms with Gasteiger partial charge in [-0.25, -0.2) is 0 Å². The van der Waals surface area contributed by atoms with Gasteiger partial charge in [0.1, 0.15) is 0 Å². The smallest absolute Gasteiger partial charge is 0.242 e. The van der Waals surface area contributed by atoms with Crippen molar-refractivity contribution in [3.8, 4) is 17.2 Å². The first-order chi connectivity index (χ1) is 25.3. The van der Waals surface area contributed by atoms with Crippen LogP contribution in [0.15, 0.2) is 152 Å². The van der Waals surface area contributed by atoms with E-state index in [-0.39, 0.29) is 17.5 Å². The average molecular weight is 669 g/mol. The van der Waals surface area contributed by atoms with E-state index in [1.54, 1.807) is 0 Å². The molecule has 0 bridgehead atoms. The molecule has 248 valence electrons. The zero-order valence-corrected chi connectivity index (χ0v) is 29.8. The fourth-order valence-corrected chi connectivity index (χ4v) is 9.91. The Bertz CT molecular complexity index is 2790. The molecular weight excluding hydrogens is 631 g/mol. The molecule has 8 aromatic rings. The maximum Gasteiger partial charge on any atom is 0.242 e. The second-order valence-corrected chi connectivity index (χ2v) is 15.7. The Balaban J connectivity index is 1.19. The summed E-state index contributed by atoms with van der Waals surface area (Å²) in [6, 6.07) is 55.7. The molecule has 3 nitrogen and oxygen atoms in total. The number of nitrogens with zero attached hydrogens (tertiary/aromatic N) is 2. The molecule has 0 aliphatic carbocycles. The number of aromatic nitrogens is 1. The number of rotatable bonds is 2. The van der Waals surface area contributed by atoms with Gasteiger partial charge in [-0.15, -0.1) is 0 Å². The van der Waals surface area contributed by atoms with Crippen LogP contribution >= 0.6 is 0 Å². The van der Waals surface area contributed by atoms with Crippen molar-refractivity contribution >= 4 is 62.0 Å². The van der Waals surface area contributed by atoms with Crippen LogP contribution in [0.4, 0.5) is 17.1 Å². The van der Waals surface area contributed by atoms with E-state index >= 15 is 0 Å². The second kappa shape index (κ2) is 10.3. The van der Waals surface area contributed by atoms with Crippen molar-refractivity contribution in [1.82, 2.24) is 4.57 Å². The largest absolute Gasteiger partial charge is 0.451 e. The van der Waals surface area contributed by atoms with E-state index in [9.17, 15) is 0 Å². The Morgan fingerprint density at radius 1 is 0.500 bits per heavy atom. The lowest BCUT2D eigenvalue weighted by atomic mass is 9.27. The quantitative estimate of drug-likeness (QED) is 0.171. The first-order valence-corrected chi connectivity index (χ1v) is 18.4. The summed E-state index contributed by atoms with van der Waals surface area (Å²) in [7, 11) is 0. The molecule has 4 heterocycles. The molecule has 11 rings (SSSR count). The van der Waals surface area contributed by atoms with Crippen molar-refractivity contribution < 1.29 is 4.74 Å². The minimum Gasteiger partial charge on any atom is -0.451 e. The molecule has 3 aliphatic heterocycles. The zero-order chi connectivity index (χ0) is 34.9. The van der Waals surface area contributed by atoms with Gasteiger partial charge in [0.05, 0.1) is 22.4 Å². The summed E-state index contributed by atoms with van der Waals surface area (Å²) in [5.41, 5.74) is 16.3. The fourth-order valence-electron chi connectivity index (χ4n) is 9.91. The summed E-state index contributed by atoms with van der Waals surface area (Å²) in [5.74, 6) is 1.72. The summed E-state index contributed by atoms with van der Waals surface area (Å²) < 4.78 is 9.43. The summed E-state index contributed by atoms with van der Waals surface area (Å²) in [6.07, 6.45) is 0. The van der Waals surface area contributed by atoms with Crippen LogP contribution in [0.3, 0.4) is 0 Å². The van der Waals surface area contributed by atoms with E-state index in [1.165, 1.54) is 54.9 Å². The lowest BCUT2D eigenvalue weighted by Gasteiger charge is -2.46. The minimum atomic E-state index is -0.201. The van der Waals surface area contributed by atoms with Crippen LogP contribution in [0.5, 0.6) is 11.5 Å². The lowest BCUT2D eigenvalue weighted by molar-refractivity contribution is 0.481. The molecule has 3 aliphatic rings. The van der Waals surface area contributed by atoms with Crippen LogP contribution in [0, 0.1) is 0 Å². The molecule has 0 radical (unpaired) electrons. The van der Waals surface area contributed by atoms with Crippen LogP contribution in [0.2, 0.25) is 0 Å². The molecule has 0 N–H and O–H groups in total. The van der Waals surface area contributed by atoms with Gasteiger partial charge in [0.2, 0.25) is 6.71 Å². The van der Waals surface area contributed by atoms with Crippen LogP contribution in [-0.4, -0.2) is 11.3 Å². The van der Waals surface area contributed by atoms with E-state index in [0.29, 0.717) is 0 Å². The Kier molecular flexibility index (Phi) is 5.88. The Morgan fingerprint density at radius 3 is 2.02 bits per heavy atom. The molecule has 1 aromatic heterocycles. The summed E-state index contributed by atoms with van der Waals surface area (Å²) in [4.78, 5) is 2.34. The van der Waals surface area contributed by atoms with E-state index in [1.807, 2.05) is 0 Å². The fraction of sp³-hybridized carbons (Fsp3) is 0.125. The number of hydrogen-bond acceptors (Lipinski definition) is 2. The van der Waals surface area contributed by atoms with Gasteiger partial charge in [-0.05, 0) is 76.9 Å². The maximum atomic E-state index is 6.99. The van der Waals surface area contributed by atoms with E-state index < -0.39 is 0 Å². The molecule has 0 atom stereocenters. The van der Waals surface area contributed by atoms with Gasteiger partial charge in [-0.2, -0.15) is 0 Å². The highest BCUT2D eigenvalue weighted by Gasteiger charge is 2.48. The highest BCUT2D eigenvalue weighted by Crippen LogP contribution is 2.54. The third-order valence-electron chi connectivity index (χ3n) is 12.3. The number of anilines is 3. The van der Waals surface area contributed by atoms with Crippen molar-refractivity contribution in [2.45, 2.75) is 38.5 Å². The number of hydrogen-bond donors (Lipinski definition) is 0. The predicted molar refractivity (Wildman–Crippen MR) is 217 cm³/mol. The second-order valence-electron chi connectivity index (χ2n) is 15.7. The number of para-hydroxylation sites is 4. The van der Waals surface area contributed by atoms with Gasteiger partial charge >= 0.3 is 0 Å². The summed E-state index contributed by atoms with van der Waals surface area (Å²) in [6.45, 7) is 9.82. The first kappa shape index (κ1) is 29.7. The summed E-state index contributed by atoms with van der Waals surface area (Å²) in [5, 5.41) is 2.39. The van der Waals surface area contributed by atoms with Gasteiger partial charge in [0, 0.05) is 33.0 Å². The van der Waals surface area contributed by atoms with Crippen molar-refractivity contribution in [1.29, 1.82) is 0 Å². The van der Waals surface area contributed by atoms with Crippen molar-refractivity contribution in [2.75, 3.05) is 4.90 Å². The summed E-state index contributed by atoms with van der Waals surface area (Å²) >= 11 is 0. The SMILES string of the molecule is CC1(C)c2ccccc2B2c3ccc(-n4c5ccccc5c5ccc6c(c54)Oc4ccccc4N6c4ccccc4)cc3C(C)(C)c3cccc1c32.